The van der Waals surface area contributed by atoms with Gasteiger partial charge in [0.1, 0.15) is 11.6 Å². The van der Waals surface area contributed by atoms with Crippen LogP contribution in [-0.2, 0) is 6.42 Å². The number of ether oxygens (including phenoxy) is 1. The summed E-state index contributed by atoms with van der Waals surface area (Å²) in [5, 5.41) is 0.938. The van der Waals surface area contributed by atoms with E-state index < -0.39 is 0 Å². The molecule has 1 aliphatic rings. The lowest BCUT2D eigenvalue weighted by atomic mass is 10.1. The van der Waals surface area contributed by atoms with Crippen molar-refractivity contribution in [3.05, 3.63) is 71.0 Å². The molecule has 2 aromatic carbocycles. The van der Waals surface area contributed by atoms with Crippen LogP contribution in [0.2, 0.25) is 0 Å². The second kappa shape index (κ2) is 10.6. The standard InChI is InChI=1S/C25H30N4O2S/c1-3-4-17-31-22-11-9-21(10-12-22)24(30)28-13-15-29(16-14-28)25-26-23(27-32-25)18-20-7-5-19(2)6-8-20/h5-12H,3-4,13-18H2,1-2H3. The smallest absolute Gasteiger partial charge is 0.253 e. The van der Waals surface area contributed by atoms with E-state index in [0.717, 1.165) is 49.1 Å². The molecule has 0 saturated carbocycles. The van der Waals surface area contributed by atoms with Gasteiger partial charge in [0.15, 0.2) is 0 Å². The van der Waals surface area contributed by atoms with Crippen LogP contribution in [0.4, 0.5) is 5.13 Å². The van der Waals surface area contributed by atoms with E-state index in [-0.39, 0.29) is 5.91 Å². The van der Waals surface area contributed by atoms with E-state index in [1.807, 2.05) is 29.2 Å². The normalized spacial score (nSPS) is 13.9. The number of hydrogen-bond donors (Lipinski definition) is 0. The monoisotopic (exact) mass is 450 g/mol. The summed E-state index contributed by atoms with van der Waals surface area (Å²) in [5.74, 6) is 1.74. The Bertz CT molecular complexity index is 1010. The summed E-state index contributed by atoms with van der Waals surface area (Å²) in [5.41, 5.74) is 3.18. The van der Waals surface area contributed by atoms with E-state index in [1.165, 1.54) is 22.7 Å². The number of amides is 1. The molecule has 1 saturated heterocycles. The molecule has 0 bridgehead atoms. The molecule has 3 aromatic rings. The molecule has 1 aromatic heterocycles. The molecule has 0 unspecified atom stereocenters. The van der Waals surface area contributed by atoms with Gasteiger partial charge in [-0.3, -0.25) is 4.79 Å². The molecule has 0 spiro atoms. The largest absolute Gasteiger partial charge is 0.494 e. The van der Waals surface area contributed by atoms with Crippen LogP contribution in [0, 0.1) is 6.92 Å². The van der Waals surface area contributed by atoms with Crippen LogP contribution in [0.1, 0.15) is 47.1 Å². The fourth-order valence-corrected chi connectivity index (χ4v) is 4.38. The van der Waals surface area contributed by atoms with Gasteiger partial charge >= 0.3 is 0 Å². The Kier molecular flexibility index (Phi) is 7.37. The molecular formula is C25H30N4O2S. The highest BCUT2D eigenvalue weighted by molar-refractivity contribution is 7.09. The third-order valence-corrected chi connectivity index (χ3v) is 6.46. The number of aromatic nitrogens is 2. The second-order valence-electron chi connectivity index (χ2n) is 8.16. The second-order valence-corrected chi connectivity index (χ2v) is 8.89. The number of nitrogens with zero attached hydrogens (tertiary/aromatic N) is 4. The van der Waals surface area contributed by atoms with E-state index in [2.05, 4.69) is 47.4 Å². The minimum Gasteiger partial charge on any atom is -0.494 e. The Hall–Kier alpha value is -2.93. The van der Waals surface area contributed by atoms with Crippen LogP contribution >= 0.6 is 11.5 Å². The van der Waals surface area contributed by atoms with Gasteiger partial charge in [0.2, 0.25) is 5.13 Å². The maximum absolute atomic E-state index is 12.9. The summed E-state index contributed by atoms with van der Waals surface area (Å²) in [4.78, 5) is 21.8. The van der Waals surface area contributed by atoms with Crippen LogP contribution < -0.4 is 9.64 Å². The zero-order valence-corrected chi connectivity index (χ0v) is 19.6. The van der Waals surface area contributed by atoms with E-state index >= 15 is 0 Å². The molecule has 7 heteroatoms. The fraction of sp³-hybridized carbons (Fsp3) is 0.400. The lowest BCUT2D eigenvalue weighted by molar-refractivity contribution is 0.0746. The number of piperazine rings is 1. The molecule has 0 aliphatic carbocycles. The van der Waals surface area contributed by atoms with Crippen LogP contribution in [0.15, 0.2) is 48.5 Å². The van der Waals surface area contributed by atoms with Gasteiger partial charge in [0.05, 0.1) is 6.61 Å². The van der Waals surface area contributed by atoms with E-state index in [0.29, 0.717) is 25.3 Å². The van der Waals surface area contributed by atoms with Gasteiger partial charge in [-0.2, -0.15) is 4.37 Å². The molecule has 1 amide bonds. The van der Waals surface area contributed by atoms with Crippen LogP contribution in [0.25, 0.3) is 0 Å². The number of carbonyl (C=O) groups is 1. The maximum Gasteiger partial charge on any atom is 0.253 e. The summed E-state index contributed by atoms with van der Waals surface area (Å²) >= 11 is 1.44. The predicted octanol–water partition coefficient (Wildman–Crippen LogP) is 4.58. The van der Waals surface area contributed by atoms with Crippen molar-refractivity contribution in [2.24, 2.45) is 0 Å². The highest BCUT2D eigenvalue weighted by atomic mass is 32.1. The number of anilines is 1. The van der Waals surface area contributed by atoms with Gasteiger partial charge in [-0.1, -0.05) is 43.2 Å². The Morgan fingerprint density at radius 3 is 2.44 bits per heavy atom. The van der Waals surface area contributed by atoms with Crippen LogP contribution in [0.3, 0.4) is 0 Å². The molecular weight excluding hydrogens is 420 g/mol. The molecule has 2 heterocycles. The first-order valence-corrected chi connectivity index (χ1v) is 12.0. The van der Waals surface area contributed by atoms with Crippen molar-refractivity contribution in [2.45, 2.75) is 33.1 Å². The Labute approximate surface area is 194 Å². The summed E-state index contributed by atoms with van der Waals surface area (Å²) in [6, 6.07) is 16.0. The van der Waals surface area contributed by atoms with Crippen LogP contribution in [0.5, 0.6) is 5.75 Å². The van der Waals surface area contributed by atoms with Crippen molar-refractivity contribution in [3.8, 4) is 5.75 Å². The zero-order chi connectivity index (χ0) is 22.3. The first-order valence-electron chi connectivity index (χ1n) is 11.3. The van der Waals surface area contributed by atoms with Crippen molar-refractivity contribution in [3.63, 3.8) is 0 Å². The SMILES string of the molecule is CCCCOc1ccc(C(=O)N2CCN(c3nc(Cc4ccc(C)cc4)ns3)CC2)cc1. The highest BCUT2D eigenvalue weighted by Gasteiger charge is 2.24. The molecule has 0 N–H and O–H groups in total. The van der Waals surface area contributed by atoms with Crippen molar-refractivity contribution in [1.29, 1.82) is 0 Å². The Morgan fingerprint density at radius 1 is 1.03 bits per heavy atom. The zero-order valence-electron chi connectivity index (χ0n) is 18.8. The van der Waals surface area contributed by atoms with E-state index in [1.54, 1.807) is 0 Å². The first-order chi connectivity index (χ1) is 15.6. The average Bonchev–Trinajstić information content (AvgIpc) is 3.29. The summed E-state index contributed by atoms with van der Waals surface area (Å²) < 4.78 is 10.2. The lowest BCUT2D eigenvalue weighted by Crippen LogP contribution is -2.48. The van der Waals surface area contributed by atoms with Crippen molar-refractivity contribution in [2.75, 3.05) is 37.7 Å². The predicted molar refractivity (Wildman–Crippen MR) is 129 cm³/mol. The molecule has 168 valence electrons. The van der Waals surface area contributed by atoms with E-state index in [4.69, 9.17) is 9.72 Å². The fourth-order valence-electron chi connectivity index (χ4n) is 3.64. The maximum atomic E-state index is 12.9. The topological polar surface area (TPSA) is 58.6 Å². The van der Waals surface area contributed by atoms with Gasteiger partial charge < -0.3 is 14.5 Å². The Morgan fingerprint density at radius 2 is 1.75 bits per heavy atom. The molecule has 0 radical (unpaired) electrons. The summed E-state index contributed by atoms with van der Waals surface area (Å²) in [6.07, 6.45) is 2.88. The number of rotatable bonds is 8. The van der Waals surface area contributed by atoms with Crippen molar-refractivity contribution in [1.82, 2.24) is 14.3 Å². The first kappa shape index (κ1) is 22.3. The van der Waals surface area contributed by atoms with Gasteiger partial charge in [-0.25, -0.2) is 4.98 Å². The minimum atomic E-state index is 0.0714. The molecule has 1 aliphatic heterocycles. The number of unbranched alkanes of at least 4 members (excludes halogenated alkanes) is 1. The van der Waals surface area contributed by atoms with E-state index in [9.17, 15) is 4.79 Å². The molecule has 0 atom stereocenters. The highest BCUT2D eigenvalue weighted by Crippen LogP contribution is 2.22. The summed E-state index contributed by atoms with van der Waals surface area (Å²) in [7, 11) is 0. The molecule has 1 fully saturated rings. The third kappa shape index (κ3) is 5.65. The number of benzene rings is 2. The molecule has 4 rings (SSSR count). The van der Waals surface area contributed by atoms with Gasteiger partial charge in [0.25, 0.3) is 5.91 Å². The molecule has 32 heavy (non-hydrogen) atoms. The lowest BCUT2D eigenvalue weighted by Gasteiger charge is -2.34. The number of carbonyl (C=O) groups excluding carboxylic acids is 1. The number of hydrogen-bond acceptors (Lipinski definition) is 6. The average molecular weight is 451 g/mol. The van der Waals surface area contributed by atoms with Crippen LogP contribution in [-0.4, -0.2) is 53.0 Å². The van der Waals surface area contributed by atoms with Gasteiger partial charge in [-0.15, -0.1) is 0 Å². The number of aryl methyl sites for hydroxylation is 1. The van der Waals surface area contributed by atoms with Gasteiger partial charge in [-0.05, 0) is 43.2 Å². The third-order valence-electron chi connectivity index (χ3n) is 5.65. The summed E-state index contributed by atoms with van der Waals surface area (Å²) in [6.45, 7) is 7.84. The molecule has 6 nitrogen and oxygen atoms in total. The van der Waals surface area contributed by atoms with Gasteiger partial charge in [0, 0.05) is 49.7 Å². The Balaban J connectivity index is 1.29. The van der Waals surface area contributed by atoms with Crippen molar-refractivity contribution < 1.29 is 9.53 Å². The minimum absolute atomic E-state index is 0.0714. The quantitative estimate of drug-likeness (QED) is 0.470. The van der Waals surface area contributed by atoms with Crippen molar-refractivity contribution >= 4 is 22.6 Å².